The number of cyclic esters (lactones) is 1. The number of aromatic nitrogens is 2. The van der Waals surface area contributed by atoms with E-state index in [-0.39, 0.29) is 37.9 Å². The third kappa shape index (κ3) is 25.4. The molecule has 0 aliphatic carbocycles. The third-order valence-electron chi connectivity index (χ3n) is 12.4. The number of rotatable bonds is 22. The Morgan fingerprint density at radius 1 is 0.865 bits per heavy atom. The highest BCUT2D eigenvalue weighted by atomic mass is 31.3. The summed E-state index contributed by atoms with van der Waals surface area (Å²) >= 11 is 0. The van der Waals surface area contributed by atoms with Gasteiger partial charge in [0.2, 0.25) is 0 Å². The molecule has 3 rings (SSSR count). The van der Waals surface area contributed by atoms with E-state index >= 15 is 0 Å². The monoisotopic (exact) mass is 1090 g/mol. The van der Waals surface area contributed by atoms with E-state index in [1.54, 1.807) is 0 Å². The molecule has 2 aliphatic rings. The van der Waals surface area contributed by atoms with E-state index in [9.17, 15) is 63.6 Å². The standard InChI is InChI=1S/C50H81N3O19P2/c1-3-5-7-8-9-10-11-12-13-14-15-16-17-18-20-25-45(58)67-33-38-34-68-73(63,64)72-74(65,66)69-35-43-48(61)47(60)39(28-27-36(54)23-19-6-4-2)41(56)32-42(57)40(31-37(55)24-21-22-26-46(59)70-38)49(71-43)53-30-29-44(51)52-50(53)62/h5,7,9-10,12-13,27-30,36,38-43,47-49,54,56-57,60-61H,3-4,6,8,11,14-26,31-35H2,1-2H3,(H,63,64)(H,65,66)(H2,51,52,62)/b7-5-,10-9-,13-12-,28-27-/t36-,38+,39-,40-,41+,42-,43+,47-,48+,49+/m0/s1. The first kappa shape index (κ1) is 64.6. The summed E-state index contributed by atoms with van der Waals surface area (Å²) in [5.41, 5.74) is 4.66. The lowest BCUT2D eigenvalue weighted by Crippen LogP contribution is -2.52. The molecule has 0 saturated carbocycles. The van der Waals surface area contributed by atoms with E-state index in [2.05, 4.69) is 52.7 Å². The number of ether oxygens (including phenoxy) is 3. The van der Waals surface area contributed by atoms with Crippen LogP contribution >= 0.6 is 15.6 Å². The molecule has 12 atom stereocenters. The zero-order valence-corrected chi connectivity index (χ0v) is 44.5. The fourth-order valence-electron chi connectivity index (χ4n) is 8.26. The van der Waals surface area contributed by atoms with Crippen molar-refractivity contribution in [2.24, 2.45) is 11.8 Å². The van der Waals surface area contributed by atoms with Crippen LogP contribution in [0.3, 0.4) is 0 Å². The summed E-state index contributed by atoms with van der Waals surface area (Å²) < 4.78 is 58.6. The highest BCUT2D eigenvalue weighted by Crippen LogP contribution is 2.60. The summed E-state index contributed by atoms with van der Waals surface area (Å²) in [5.74, 6) is -5.20. The van der Waals surface area contributed by atoms with Crippen molar-refractivity contribution < 1.29 is 86.4 Å². The number of carbonyl (C=O) groups is 3. The summed E-state index contributed by atoms with van der Waals surface area (Å²) in [6.45, 7) is 1.18. The van der Waals surface area contributed by atoms with Gasteiger partial charge in [-0.3, -0.25) is 28.0 Å². The Hall–Kier alpha value is -3.73. The number of aliphatic hydroxyl groups is 5. The third-order valence-corrected chi connectivity index (χ3v) is 15.0. The summed E-state index contributed by atoms with van der Waals surface area (Å²) in [7, 11) is -11.4. The predicted octanol–water partition coefficient (Wildman–Crippen LogP) is 6.11. The second-order valence-electron chi connectivity index (χ2n) is 18.6. The molecule has 1 aromatic rings. The van der Waals surface area contributed by atoms with Crippen molar-refractivity contribution in [1.82, 2.24) is 9.55 Å². The predicted molar refractivity (Wildman–Crippen MR) is 273 cm³/mol. The molecule has 3 heterocycles. The highest BCUT2D eigenvalue weighted by molar-refractivity contribution is 7.61. The fourth-order valence-corrected chi connectivity index (χ4v) is 10.4. The minimum atomic E-state index is -5.76. The number of Topliss-reactive ketones (excluding diaryl/α,β-unsaturated/α-hetero) is 1. The maximum absolute atomic E-state index is 13.7. The molecule has 0 radical (unpaired) electrons. The SMILES string of the molecule is CC/C=C\C/C=C\C/C=C\CCCCCCCC(=O)OC[C@@H]1COP(=O)(O)OP(=O)(O)OC[C@H]2O[C@@H](n3ccc(N)nc3=O)[C@@H](CC(=O)CCCCC(=O)O1)[C@@H](O)C[C@@H](O)[C@H](/C=C\[C@@H](O)CCCCC)[C@H](O)[C@@H]2O. The summed E-state index contributed by atoms with van der Waals surface area (Å²) in [4.78, 5) is 77.8. The molecule has 22 nitrogen and oxygen atoms in total. The lowest BCUT2D eigenvalue weighted by molar-refractivity contribution is -0.196. The number of anilines is 1. The number of aliphatic hydroxyl groups excluding tert-OH is 5. The summed E-state index contributed by atoms with van der Waals surface area (Å²) in [6, 6.07) is 1.18. The van der Waals surface area contributed by atoms with Crippen LogP contribution in [0.4, 0.5) is 5.82 Å². The van der Waals surface area contributed by atoms with Crippen LogP contribution in [0.25, 0.3) is 0 Å². The van der Waals surface area contributed by atoms with Crippen LogP contribution in [-0.2, 0) is 51.1 Å². The zero-order chi connectivity index (χ0) is 54.5. The van der Waals surface area contributed by atoms with Crippen LogP contribution in [0.1, 0.15) is 148 Å². The van der Waals surface area contributed by atoms with E-state index in [1.165, 1.54) is 18.2 Å². The van der Waals surface area contributed by atoms with Gasteiger partial charge in [-0.2, -0.15) is 9.29 Å². The first-order valence-electron chi connectivity index (χ1n) is 25.8. The normalized spacial score (nSPS) is 30.3. The van der Waals surface area contributed by atoms with E-state index in [0.29, 0.717) is 19.3 Å². The number of hydrogen-bond acceptors (Lipinski definition) is 19. The molecule has 24 heteroatoms. The number of phosphoric acid groups is 2. The van der Waals surface area contributed by atoms with Crippen molar-refractivity contribution in [2.75, 3.05) is 25.6 Å². The van der Waals surface area contributed by atoms with E-state index < -0.39 is 133 Å². The van der Waals surface area contributed by atoms with Gasteiger partial charge in [-0.05, 0) is 63.9 Å². The number of nitrogens with zero attached hydrogens (tertiary/aromatic N) is 2. The molecule has 2 bridgehead atoms. The second kappa shape index (κ2) is 34.8. The molecule has 1 aromatic heterocycles. The fraction of sp³-hybridized carbons (Fsp3) is 0.700. The summed E-state index contributed by atoms with van der Waals surface area (Å²) in [5, 5.41) is 57.4. The Morgan fingerprint density at radius 2 is 1.53 bits per heavy atom. The van der Waals surface area contributed by atoms with Crippen LogP contribution in [0.5, 0.6) is 0 Å². The van der Waals surface area contributed by atoms with Gasteiger partial charge >= 0.3 is 33.3 Å². The lowest BCUT2D eigenvalue weighted by Gasteiger charge is -2.40. The Bertz CT molecular complexity index is 2120. The number of phosphoric ester groups is 2. The van der Waals surface area contributed by atoms with Gasteiger partial charge in [-0.1, -0.05) is 101 Å². The maximum Gasteiger partial charge on any atom is 0.481 e. The number of ketones is 1. The number of nitrogen functional groups attached to an aromatic ring is 1. The van der Waals surface area contributed by atoms with Crippen molar-refractivity contribution in [1.29, 1.82) is 0 Å². The number of unbranched alkanes of at least 4 members (excludes halogenated alkanes) is 7. The molecule has 2 unspecified atom stereocenters. The van der Waals surface area contributed by atoms with Gasteiger partial charge in [-0.15, -0.1) is 0 Å². The molecule has 74 heavy (non-hydrogen) atoms. The van der Waals surface area contributed by atoms with E-state index in [1.807, 2.05) is 6.92 Å². The lowest BCUT2D eigenvalue weighted by atomic mass is 9.82. The van der Waals surface area contributed by atoms with Gasteiger partial charge in [0.15, 0.2) is 6.10 Å². The number of hydrogen-bond donors (Lipinski definition) is 8. The largest absolute Gasteiger partial charge is 0.481 e. The van der Waals surface area contributed by atoms with Gasteiger partial charge in [0.1, 0.15) is 36.6 Å². The van der Waals surface area contributed by atoms with Gasteiger partial charge in [-0.25, -0.2) is 13.9 Å². The van der Waals surface area contributed by atoms with Gasteiger partial charge in [0.05, 0.1) is 37.6 Å². The van der Waals surface area contributed by atoms with E-state index in [4.69, 9.17) is 29.0 Å². The second-order valence-corrected chi connectivity index (χ2v) is 21.6. The summed E-state index contributed by atoms with van der Waals surface area (Å²) in [6.07, 6.45) is 11.5. The maximum atomic E-state index is 13.7. The average molecular weight is 1090 g/mol. The Morgan fingerprint density at radius 3 is 2.23 bits per heavy atom. The van der Waals surface area contributed by atoms with E-state index in [0.717, 1.165) is 75.0 Å². The van der Waals surface area contributed by atoms with Crippen molar-refractivity contribution in [3.63, 3.8) is 0 Å². The Kier molecular flexibility index (Phi) is 30.4. The van der Waals surface area contributed by atoms with Crippen molar-refractivity contribution >= 4 is 39.2 Å². The van der Waals surface area contributed by atoms with Gasteiger partial charge in [0.25, 0.3) is 0 Å². The molecule has 2 fully saturated rings. The van der Waals surface area contributed by atoms with Crippen LogP contribution in [0.15, 0.2) is 65.7 Å². The van der Waals surface area contributed by atoms with Gasteiger partial charge < -0.3 is 55.3 Å². The number of fused-ring (bicyclic) bond motifs is 3. The minimum Gasteiger partial charge on any atom is -0.462 e. The van der Waals surface area contributed by atoms with Crippen LogP contribution in [0, 0.1) is 11.8 Å². The van der Waals surface area contributed by atoms with Crippen LogP contribution in [-0.4, -0.2) is 125 Å². The molecule has 2 aliphatic heterocycles. The Labute approximate surface area is 433 Å². The quantitative estimate of drug-likeness (QED) is 0.0281. The van der Waals surface area contributed by atoms with Crippen LogP contribution < -0.4 is 11.4 Å². The molecule has 0 spiro atoms. The molecule has 420 valence electrons. The highest BCUT2D eigenvalue weighted by Gasteiger charge is 2.45. The molecule has 0 aromatic carbocycles. The first-order chi connectivity index (χ1) is 35.3. The number of esters is 2. The molecular weight excluding hydrogens is 1010 g/mol. The molecular formula is C50H81N3O19P2. The zero-order valence-electron chi connectivity index (χ0n) is 42.7. The Balaban J connectivity index is 1.80. The topological polar surface area (TPSA) is 343 Å². The smallest absolute Gasteiger partial charge is 0.462 e. The molecule has 2 saturated heterocycles. The van der Waals surface area contributed by atoms with Crippen LogP contribution in [0.2, 0.25) is 0 Å². The first-order valence-corrected chi connectivity index (χ1v) is 28.8. The van der Waals surface area contributed by atoms with Crippen molar-refractivity contribution in [3.05, 3.63) is 71.4 Å². The molecule has 0 amide bonds. The average Bonchev–Trinajstić information content (AvgIpc) is 3.33. The molecule has 9 N–H and O–H groups in total. The van der Waals surface area contributed by atoms with Crippen molar-refractivity contribution in [3.8, 4) is 0 Å². The number of nitrogens with two attached hydrogens (primary N) is 1. The van der Waals surface area contributed by atoms with Crippen molar-refractivity contribution in [2.45, 2.75) is 191 Å². The number of allylic oxidation sites excluding steroid dienone is 6. The minimum absolute atomic E-state index is 0.0325. The van der Waals surface area contributed by atoms with Gasteiger partial charge in [0, 0.05) is 50.1 Å². The number of carbonyl (C=O) groups excluding carboxylic acids is 3.